The maximum Gasteiger partial charge on any atom is 0.211 e. The number of furan rings is 1. The number of nitrogens with zero attached hydrogens (tertiary/aromatic N) is 1. The topological polar surface area (TPSA) is 59.5 Å². The maximum atomic E-state index is 13.1. The van der Waals surface area contributed by atoms with Crippen LogP contribution in [0.25, 0.3) is 11.0 Å². The van der Waals surface area contributed by atoms with Crippen LogP contribution in [0.2, 0.25) is 0 Å². The van der Waals surface area contributed by atoms with Crippen molar-refractivity contribution in [3.05, 3.63) is 35.8 Å². The standard InChI is InChI=1S/C15H17FN2O2/c16-11-1-2-14-10(7-11)8-15(20-14)13(19)9-18-5-3-12(17)4-6-18/h1-2,7-8,12H,3-6,9,17H2. The molecule has 0 bridgehead atoms. The summed E-state index contributed by atoms with van der Waals surface area (Å²) in [5.74, 6) is -0.111. The Hall–Kier alpha value is -1.72. The number of carbonyl (C=O) groups is 1. The molecule has 4 nitrogen and oxygen atoms in total. The van der Waals surface area contributed by atoms with E-state index in [1.165, 1.54) is 12.1 Å². The van der Waals surface area contributed by atoms with Gasteiger partial charge in [0.05, 0.1) is 6.54 Å². The van der Waals surface area contributed by atoms with Gasteiger partial charge in [-0.1, -0.05) is 0 Å². The third-order valence-electron chi connectivity index (χ3n) is 3.75. The second kappa shape index (κ2) is 5.34. The minimum Gasteiger partial charge on any atom is -0.453 e. The summed E-state index contributed by atoms with van der Waals surface area (Å²) >= 11 is 0. The van der Waals surface area contributed by atoms with Crippen molar-refractivity contribution in [2.45, 2.75) is 18.9 Å². The van der Waals surface area contributed by atoms with E-state index >= 15 is 0 Å². The molecule has 2 aromatic rings. The Bertz CT molecular complexity index is 630. The van der Waals surface area contributed by atoms with Crippen LogP contribution in [0.4, 0.5) is 4.39 Å². The molecule has 2 heterocycles. The van der Waals surface area contributed by atoms with Gasteiger partial charge in [0, 0.05) is 24.5 Å². The van der Waals surface area contributed by atoms with Crippen molar-refractivity contribution in [1.29, 1.82) is 0 Å². The van der Waals surface area contributed by atoms with Crippen LogP contribution in [0.15, 0.2) is 28.7 Å². The van der Waals surface area contributed by atoms with Crippen molar-refractivity contribution < 1.29 is 13.6 Å². The van der Waals surface area contributed by atoms with Crippen LogP contribution in [-0.2, 0) is 0 Å². The Kier molecular flexibility index (Phi) is 3.54. The highest BCUT2D eigenvalue weighted by Gasteiger charge is 2.20. The molecule has 0 saturated carbocycles. The molecular formula is C15H17FN2O2. The van der Waals surface area contributed by atoms with E-state index in [-0.39, 0.29) is 17.6 Å². The van der Waals surface area contributed by atoms with E-state index in [2.05, 4.69) is 4.90 Å². The van der Waals surface area contributed by atoms with Gasteiger partial charge in [-0.2, -0.15) is 0 Å². The second-order valence-corrected chi connectivity index (χ2v) is 5.33. The molecule has 0 radical (unpaired) electrons. The lowest BCUT2D eigenvalue weighted by Gasteiger charge is -2.29. The average Bonchev–Trinajstić information content (AvgIpc) is 2.84. The van der Waals surface area contributed by atoms with Crippen molar-refractivity contribution in [3.8, 4) is 0 Å². The summed E-state index contributed by atoms with van der Waals surface area (Å²) in [6, 6.07) is 6.09. The number of likely N-dealkylation sites (tertiary alicyclic amines) is 1. The Morgan fingerprint density at radius 3 is 2.85 bits per heavy atom. The molecule has 1 aromatic carbocycles. The number of benzene rings is 1. The largest absolute Gasteiger partial charge is 0.453 e. The maximum absolute atomic E-state index is 13.1. The predicted octanol–water partition coefficient (Wildman–Crippen LogP) is 2.18. The number of Topliss-reactive ketones (excluding diaryl/α,β-unsaturated/α-hetero) is 1. The fraction of sp³-hybridized carbons (Fsp3) is 0.400. The van der Waals surface area contributed by atoms with Gasteiger partial charge >= 0.3 is 0 Å². The summed E-state index contributed by atoms with van der Waals surface area (Å²) in [4.78, 5) is 14.3. The van der Waals surface area contributed by atoms with E-state index in [4.69, 9.17) is 10.2 Å². The number of piperidine rings is 1. The Balaban J connectivity index is 1.72. The summed E-state index contributed by atoms with van der Waals surface area (Å²) in [6.07, 6.45) is 1.83. The van der Waals surface area contributed by atoms with Crippen LogP contribution in [0, 0.1) is 5.82 Å². The van der Waals surface area contributed by atoms with Gasteiger partial charge in [0.2, 0.25) is 5.78 Å². The minimum atomic E-state index is -0.331. The first-order valence-electron chi connectivity index (χ1n) is 6.82. The number of rotatable bonds is 3. The number of hydrogen-bond acceptors (Lipinski definition) is 4. The van der Waals surface area contributed by atoms with E-state index in [1.807, 2.05) is 0 Å². The van der Waals surface area contributed by atoms with Crippen LogP contribution in [-0.4, -0.2) is 36.4 Å². The molecule has 1 aromatic heterocycles. The monoisotopic (exact) mass is 276 g/mol. The molecular weight excluding hydrogens is 259 g/mol. The first-order chi connectivity index (χ1) is 9.61. The van der Waals surface area contributed by atoms with Crippen molar-refractivity contribution in [2.75, 3.05) is 19.6 Å². The van der Waals surface area contributed by atoms with Crippen molar-refractivity contribution >= 4 is 16.8 Å². The smallest absolute Gasteiger partial charge is 0.211 e. The fourth-order valence-corrected chi connectivity index (χ4v) is 2.54. The lowest BCUT2D eigenvalue weighted by atomic mass is 10.1. The minimum absolute atomic E-state index is 0.0721. The van der Waals surface area contributed by atoms with Crippen LogP contribution in [0.5, 0.6) is 0 Å². The van der Waals surface area contributed by atoms with Gasteiger partial charge in [0.15, 0.2) is 5.76 Å². The number of nitrogens with two attached hydrogens (primary N) is 1. The lowest BCUT2D eigenvalue weighted by molar-refractivity contribution is 0.0884. The van der Waals surface area contributed by atoms with E-state index in [9.17, 15) is 9.18 Å². The van der Waals surface area contributed by atoms with Gasteiger partial charge in [0.1, 0.15) is 11.4 Å². The highest BCUT2D eigenvalue weighted by molar-refractivity contribution is 5.98. The molecule has 0 spiro atoms. The molecule has 2 N–H and O–H groups in total. The van der Waals surface area contributed by atoms with Crippen LogP contribution < -0.4 is 5.73 Å². The molecule has 1 fully saturated rings. The molecule has 0 amide bonds. The van der Waals surface area contributed by atoms with E-state index in [1.54, 1.807) is 12.1 Å². The average molecular weight is 276 g/mol. The summed E-state index contributed by atoms with van der Waals surface area (Å²) in [5, 5.41) is 0.619. The van der Waals surface area contributed by atoms with Crippen LogP contribution in [0.3, 0.4) is 0 Å². The quantitative estimate of drug-likeness (QED) is 0.873. The number of halogens is 1. The Labute approximate surface area is 116 Å². The SMILES string of the molecule is NC1CCN(CC(=O)c2cc3cc(F)ccc3o2)CC1. The zero-order valence-corrected chi connectivity index (χ0v) is 11.1. The molecule has 1 aliphatic rings. The molecule has 0 unspecified atom stereocenters. The molecule has 0 aliphatic carbocycles. The van der Waals surface area contributed by atoms with Crippen molar-refractivity contribution in [1.82, 2.24) is 4.90 Å². The van der Waals surface area contributed by atoms with Crippen molar-refractivity contribution in [2.24, 2.45) is 5.73 Å². The zero-order chi connectivity index (χ0) is 14.1. The second-order valence-electron chi connectivity index (χ2n) is 5.33. The molecule has 5 heteroatoms. The summed E-state index contributed by atoms with van der Waals surface area (Å²) in [7, 11) is 0. The lowest BCUT2D eigenvalue weighted by Crippen LogP contribution is -2.41. The highest BCUT2D eigenvalue weighted by Crippen LogP contribution is 2.21. The number of hydrogen-bond donors (Lipinski definition) is 1. The van der Waals surface area contributed by atoms with Gasteiger partial charge in [0.25, 0.3) is 0 Å². The highest BCUT2D eigenvalue weighted by atomic mass is 19.1. The van der Waals surface area contributed by atoms with Crippen LogP contribution in [0.1, 0.15) is 23.4 Å². The molecule has 1 saturated heterocycles. The molecule has 3 rings (SSSR count). The predicted molar refractivity (Wildman–Crippen MR) is 74.2 cm³/mol. The van der Waals surface area contributed by atoms with Crippen molar-refractivity contribution in [3.63, 3.8) is 0 Å². The number of carbonyl (C=O) groups excluding carboxylic acids is 1. The van der Waals surface area contributed by atoms with Gasteiger partial charge in [-0.15, -0.1) is 0 Å². The Morgan fingerprint density at radius 2 is 2.10 bits per heavy atom. The normalized spacial score (nSPS) is 17.7. The third kappa shape index (κ3) is 2.73. The van der Waals surface area contributed by atoms with E-state index in [0.29, 0.717) is 23.3 Å². The first-order valence-corrected chi connectivity index (χ1v) is 6.82. The Morgan fingerprint density at radius 1 is 1.35 bits per heavy atom. The number of ketones is 1. The van der Waals surface area contributed by atoms with E-state index in [0.717, 1.165) is 25.9 Å². The van der Waals surface area contributed by atoms with Gasteiger partial charge < -0.3 is 10.2 Å². The molecule has 20 heavy (non-hydrogen) atoms. The summed E-state index contributed by atoms with van der Waals surface area (Å²) in [6.45, 7) is 2.00. The zero-order valence-electron chi connectivity index (χ0n) is 11.1. The van der Waals surface area contributed by atoms with E-state index < -0.39 is 0 Å². The molecule has 0 atom stereocenters. The molecule has 1 aliphatic heterocycles. The fourth-order valence-electron chi connectivity index (χ4n) is 2.54. The van der Waals surface area contributed by atoms with Crippen LogP contribution >= 0.6 is 0 Å². The summed E-state index contributed by atoms with van der Waals surface area (Å²) in [5.41, 5.74) is 6.38. The van der Waals surface area contributed by atoms with Gasteiger partial charge in [-0.05, 0) is 37.1 Å². The third-order valence-corrected chi connectivity index (χ3v) is 3.75. The number of fused-ring (bicyclic) bond motifs is 1. The van der Waals surface area contributed by atoms with Gasteiger partial charge in [-0.25, -0.2) is 4.39 Å². The van der Waals surface area contributed by atoms with Gasteiger partial charge in [-0.3, -0.25) is 9.69 Å². The molecule has 106 valence electrons. The first kappa shape index (κ1) is 13.3. The summed E-state index contributed by atoms with van der Waals surface area (Å²) < 4.78 is 18.6.